The Labute approximate surface area is 270 Å². The first-order chi connectivity index (χ1) is 22.0. The molecule has 2 heterocycles. The zero-order valence-corrected chi connectivity index (χ0v) is 26.3. The molecule has 0 aliphatic carbocycles. The van der Waals surface area contributed by atoms with Crippen LogP contribution in [0.25, 0.3) is 10.8 Å². The van der Waals surface area contributed by atoms with Crippen LogP contribution in [0.5, 0.6) is 0 Å². The molecule has 2 aliphatic rings. The number of halogens is 1. The fourth-order valence-corrected chi connectivity index (χ4v) is 6.62. The van der Waals surface area contributed by atoms with E-state index in [2.05, 4.69) is 64.1 Å². The minimum atomic E-state index is -0.338. The van der Waals surface area contributed by atoms with Crippen LogP contribution in [-0.2, 0) is 9.53 Å². The average Bonchev–Trinajstić information content (AvgIpc) is 3.23. The lowest BCUT2D eigenvalue weighted by atomic mass is 9.90. The van der Waals surface area contributed by atoms with Gasteiger partial charge in [-0.05, 0) is 59.0 Å². The summed E-state index contributed by atoms with van der Waals surface area (Å²) < 4.78 is 5.54. The third-order valence-corrected chi connectivity index (χ3v) is 9.25. The highest BCUT2D eigenvalue weighted by Gasteiger charge is 2.33. The highest BCUT2D eigenvalue weighted by Crippen LogP contribution is 2.27. The standard InChI is InChI=1S/C37H41ClN4O3/c38-32-14-13-29-23-31(12-11-30(29)24-32)36(43)39-25-33-15-18-42(37(44)35(40-33)16-17-41-19-21-45-22-20-41)26-34(27-7-3-1-4-8-27)28-9-5-2-6-10-28/h1-14,23-24,33-35,40H,15-22,25-26H2,(H,39,43). The molecule has 2 fully saturated rings. The number of nitrogens with one attached hydrogen (secondary N) is 2. The van der Waals surface area contributed by atoms with Gasteiger partial charge in [-0.1, -0.05) is 84.4 Å². The van der Waals surface area contributed by atoms with Crippen LogP contribution < -0.4 is 10.6 Å². The number of nitrogens with zero attached hydrogens (tertiary/aromatic N) is 2. The molecule has 2 amide bonds. The highest BCUT2D eigenvalue weighted by molar-refractivity contribution is 6.31. The van der Waals surface area contributed by atoms with Crippen LogP contribution in [0.1, 0.15) is 40.2 Å². The highest BCUT2D eigenvalue weighted by atomic mass is 35.5. The van der Waals surface area contributed by atoms with E-state index >= 15 is 0 Å². The molecular formula is C37H41ClN4O3. The van der Waals surface area contributed by atoms with Crippen LogP contribution in [0.4, 0.5) is 0 Å². The Morgan fingerprint density at radius 3 is 2.27 bits per heavy atom. The van der Waals surface area contributed by atoms with Crippen molar-refractivity contribution in [2.75, 3.05) is 52.5 Å². The summed E-state index contributed by atoms with van der Waals surface area (Å²) in [6.07, 6.45) is 1.45. The van der Waals surface area contributed by atoms with E-state index in [1.54, 1.807) is 0 Å². The second-order valence-electron chi connectivity index (χ2n) is 12.0. The molecule has 234 valence electrons. The Morgan fingerprint density at radius 1 is 0.889 bits per heavy atom. The normalized spacial score (nSPS) is 19.5. The van der Waals surface area contributed by atoms with Gasteiger partial charge in [0, 0.05) is 61.8 Å². The molecule has 8 heteroatoms. The summed E-state index contributed by atoms with van der Waals surface area (Å²) in [5, 5.41) is 9.42. The smallest absolute Gasteiger partial charge is 0.251 e. The fraction of sp³-hybridized carbons (Fsp3) is 0.351. The maximum Gasteiger partial charge on any atom is 0.251 e. The fourth-order valence-electron chi connectivity index (χ4n) is 6.44. The predicted molar refractivity (Wildman–Crippen MR) is 180 cm³/mol. The maximum absolute atomic E-state index is 14.2. The molecule has 4 aromatic rings. The second-order valence-corrected chi connectivity index (χ2v) is 12.5. The minimum absolute atomic E-state index is 0.0382. The minimum Gasteiger partial charge on any atom is -0.379 e. The van der Waals surface area contributed by atoms with E-state index in [0.29, 0.717) is 36.6 Å². The first-order valence-electron chi connectivity index (χ1n) is 16.0. The third-order valence-electron chi connectivity index (χ3n) is 9.01. The number of amides is 2. The SMILES string of the molecule is O=C(NCC1CCN(CC(c2ccccc2)c2ccccc2)C(=O)C(CCN2CCOCC2)N1)c1ccc2cc(Cl)ccc2c1. The quantitative estimate of drug-likeness (QED) is 0.249. The zero-order valence-electron chi connectivity index (χ0n) is 25.5. The first-order valence-corrected chi connectivity index (χ1v) is 16.3. The molecule has 2 saturated heterocycles. The molecule has 2 N–H and O–H groups in total. The summed E-state index contributed by atoms with van der Waals surface area (Å²) in [6, 6.07) is 31.8. The van der Waals surface area contributed by atoms with Gasteiger partial charge >= 0.3 is 0 Å². The molecule has 45 heavy (non-hydrogen) atoms. The lowest BCUT2D eigenvalue weighted by Gasteiger charge is -2.31. The van der Waals surface area contributed by atoms with Gasteiger partial charge in [-0.2, -0.15) is 0 Å². The molecule has 0 aromatic heterocycles. The monoisotopic (exact) mass is 624 g/mol. The summed E-state index contributed by atoms with van der Waals surface area (Å²) in [4.78, 5) is 31.8. The number of benzene rings is 4. The van der Waals surface area contributed by atoms with Gasteiger partial charge in [0.1, 0.15) is 0 Å². The number of morpholine rings is 1. The number of carbonyl (C=O) groups is 2. The van der Waals surface area contributed by atoms with E-state index in [-0.39, 0.29) is 29.8 Å². The van der Waals surface area contributed by atoms with Gasteiger partial charge in [0.05, 0.1) is 19.3 Å². The molecule has 2 aliphatic heterocycles. The van der Waals surface area contributed by atoms with Crippen molar-refractivity contribution in [3.8, 4) is 0 Å². The third kappa shape index (κ3) is 8.10. The first kappa shape index (κ1) is 31.2. The summed E-state index contributed by atoms with van der Waals surface area (Å²) >= 11 is 6.14. The van der Waals surface area contributed by atoms with E-state index in [1.165, 1.54) is 11.1 Å². The van der Waals surface area contributed by atoms with Crippen LogP contribution >= 0.6 is 11.6 Å². The molecule has 4 aromatic carbocycles. The number of hydrogen-bond donors (Lipinski definition) is 2. The van der Waals surface area contributed by atoms with Crippen molar-refractivity contribution < 1.29 is 14.3 Å². The molecular weight excluding hydrogens is 584 g/mol. The Morgan fingerprint density at radius 2 is 1.56 bits per heavy atom. The van der Waals surface area contributed by atoms with Gasteiger partial charge in [0.25, 0.3) is 5.91 Å². The molecule has 0 radical (unpaired) electrons. The van der Waals surface area contributed by atoms with Crippen molar-refractivity contribution in [1.29, 1.82) is 0 Å². The Balaban J connectivity index is 1.17. The molecule has 2 atom stereocenters. The number of carbonyl (C=O) groups excluding carboxylic acids is 2. The Hall–Kier alpha value is -3.75. The average molecular weight is 625 g/mol. The number of ether oxygens (including phenoxy) is 1. The van der Waals surface area contributed by atoms with Crippen molar-refractivity contribution in [1.82, 2.24) is 20.4 Å². The van der Waals surface area contributed by atoms with E-state index in [0.717, 1.165) is 50.0 Å². The van der Waals surface area contributed by atoms with E-state index in [4.69, 9.17) is 16.3 Å². The van der Waals surface area contributed by atoms with Gasteiger partial charge in [-0.3, -0.25) is 14.5 Å². The van der Waals surface area contributed by atoms with Gasteiger partial charge in [0.15, 0.2) is 0 Å². The predicted octanol–water partition coefficient (Wildman–Crippen LogP) is 5.34. The summed E-state index contributed by atoms with van der Waals surface area (Å²) in [5.74, 6) is 0.0663. The molecule has 0 spiro atoms. The molecule has 6 rings (SSSR count). The van der Waals surface area contributed by atoms with E-state index in [1.807, 2.05) is 53.4 Å². The van der Waals surface area contributed by atoms with Crippen molar-refractivity contribution in [2.45, 2.75) is 30.8 Å². The lowest BCUT2D eigenvalue weighted by molar-refractivity contribution is -0.133. The largest absolute Gasteiger partial charge is 0.379 e. The van der Waals surface area contributed by atoms with E-state index < -0.39 is 0 Å². The van der Waals surface area contributed by atoms with Crippen LogP contribution in [0.3, 0.4) is 0 Å². The van der Waals surface area contributed by atoms with Crippen molar-refractivity contribution in [3.63, 3.8) is 0 Å². The molecule has 0 saturated carbocycles. The van der Waals surface area contributed by atoms with Crippen LogP contribution in [0, 0.1) is 0 Å². The van der Waals surface area contributed by atoms with Crippen molar-refractivity contribution >= 4 is 34.2 Å². The Bertz CT molecular complexity index is 1540. The molecule has 0 bridgehead atoms. The summed E-state index contributed by atoms with van der Waals surface area (Å²) in [6.45, 7) is 5.69. The van der Waals surface area contributed by atoms with Gasteiger partial charge in [-0.25, -0.2) is 0 Å². The van der Waals surface area contributed by atoms with Gasteiger partial charge in [-0.15, -0.1) is 0 Å². The zero-order chi connectivity index (χ0) is 31.0. The topological polar surface area (TPSA) is 73.9 Å². The summed E-state index contributed by atoms with van der Waals surface area (Å²) in [5.41, 5.74) is 2.99. The summed E-state index contributed by atoms with van der Waals surface area (Å²) in [7, 11) is 0. The molecule has 7 nitrogen and oxygen atoms in total. The number of fused-ring (bicyclic) bond motifs is 1. The van der Waals surface area contributed by atoms with Crippen molar-refractivity contribution in [3.05, 3.63) is 119 Å². The number of rotatable bonds is 10. The van der Waals surface area contributed by atoms with Crippen LogP contribution in [-0.4, -0.2) is 86.2 Å². The van der Waals surface area contributed by atoms with Crippen molar-refractivity contribution in [2.24, 2.45) is 0 Å². The second kappa shape index (κ2) is 15.0. The van der Waals surface area contributed by atoms with Crippen LogP contribution in [0.15, 0.2) is 97.1 Å². The lowest BCUT2D eigenvalue weighted by Crippen LogP contribution is -2.50. The van der Waals surface area contributed by atoms with Gasteiger partial charge in [0.2, 0.25) is 5.91 Å². The Kier molecular flexibility index (Phi) is 10.4. The van der Waals surface area contributed by atoms with Gasteiger partial charge < -0.3 is 20.3 Å². The van der Waals surface area contributed by atoms with E-state index in [9.17, 15) is 9.59 Å². The molecule has 2 unspecified atom stereocenters. The van der Waals surface area contributed by atoms with Crippen LogP contribution in [0.2, 0.25) is 5.02 Å². The number of hydrogen-bond acceptors (Lipinski definition) is 5. The maximum atomic E-state index is 14.2.